The van der Waals surface area contributed by atoms with Crippen molar-refractivity contribution in [3.8, 4) is 5.75 Å². The Bertz CT molecular complexity index is 813. The lowest BCUT2D eigenvalue weighted by atomic mass is 10.2. The zero-order chi connectivity index (χ0) is 22.3. The van der Waals surface area contributed by atoms with Crippen molar-refractivity contribution in [3.63, 3.8) is 0 Å². The number of halogens is 1. The Balaban J connectivity index is 0.00000512. The number of aromatic nitrogens is 1. The first-order valence-corrected chi connectivity index (χ1v) is 10.6. The van der Waals surface area contributed by atoms with Crippen LogP contribution in [-0.4, -0.2) is 50.3 Å². The molecule has 3 N–H and O–H groups in total. The first kappa shape index (κ1) is 27.6. The number of benzene rings is 1. The number of rotatable bonds is 12. The maximum Gasteiger partial charge on any atom is 0.227 e. The molecule has 0 aliphatic rings. The van der Waals surface area contributed by atoms with E-state index in [4.69, 9.17) is 9.47 Å². The van der Waals surface area contributed by atoms with Crippen LogP contribution in [0.3, 0.4) is 0 Å². The van der Waals surface area contributed by atoms with E-state index in [1.807, 2.05) is 44.2 Å². The summed E-state index contributed by atoms with van der Waals surface area (Å²) < 4.78 is 10.6. The molecule has 1 aromatic heterocycles. The van der Waals surface area contributed by atoms with Crippen molar-refractivity contribution < 1.29 is 14.3 Å². The quantitative estimate of drug-likeness (QED) is 0.161. The lowest BCUT2D eigenvalue weighted by Crippen LogP contribution is -2.39. The second kappa shape index (κ2) is 16.3. The number of pyridine rings is 1. The molecular formula is C23H34IN5O3. The lowest BCUT2D eigenvalue weighted by molar-refractivity contribution is -0.116. The van der Waals surface area contributed by atoms with Gasteiger partial charge < -0.3 is 25.4 Å². The maximum atomic E-state index is 12.2. The Morgan fingerprint density at radius 3 is 2.50 bits per heavy atom. The van der Waals surface area contributed by atoms with E-state index in [1.165, 1.54) is 0 Å². The molecule has 2 rings (SSSR count). The molecule has 0 saturated carbocycles. The number of aryl methyl sites for hydroxylation is 1. The van der Waals surface area contributed by atoms with Crippen LogP contribution in [0.1, 0.15) is 30.9 Å². The maximum absolute atomic E-state index is 12.2. The van der Waals surface area contributed by atoms with E-state index in [-0.39, 0.29) is 29.9 Å². The second-order valence-corrected chi connectivity index (χ2v) is 6.94. The van der Waals surface area contributed by atoms with Gasteiger partial charge in [-0.05, 0) is 49.6 Å². The number of ether oxygens (including phenoxy) is 2. The highest BCUT2D eigenvalue weighted by Gasteiger charge is 2.05. The molecule has 0 aliphatic carbocycles. The number of nitrogens with one attached hydrogen (secondary N) is 3. The van der Waals surface area contributed by atoms with Gasteiger partial charge in [0.05, 0.1) is 13.7 Å². The van der Waals surface area contributed by atoms with Crippen molar-refractivity contribution in [1.82, 2.24) is 15.6 Å². The SMILES string of the molecule is CCOCCCNC(=NCc1ccc(OC)cc1)NCCC(=O)Nc1ccc(C)cn1.I. The van der Waals surface area contributed by atoms with Crippen LogP contribution in [0.25, 0.3) is 0 Å². The summed E-state index contributed by atoms with van der Waals surface area (Å²) in [6.07, 6.45) is 2.90. The molecular weight excluding hydrogens is 521 g/mol. The number of hydrogen-bond donors (Lipinski definition) is 3. The highest BCUT2D eigenvalue weighted by molar-refractivity contribution is 14.0. The van der Waals surface area contributed by atoms with Crippen LogP contribution in [0.5, 0.6) is 5.75 Å². The zero-order valence-electron chi connectivity index (χ0n) is 19.0. The molecule has 0 spiro atoms. The average molecular weight is 555 g/mol. The van der Waals surface area contributed by atoms with Gasteiger partial charge in [-0.1, -0.05) is 18.2 Å². The minimum absolute atomic E-state index is 0. The molecule has 1 amide bonds. The highest BCUT2D eigenvalue weighted by atomic mass is 127. The van der Waals surface area contributed by atoms with Crippen LogP contribution in [0, 0.1) is 6.92 Å². The Kier molecular flexibility index (Phi) is 14.0. The van der Waals surface area contributed by atoms with E-state index in [9.17, 15) is 4.79 Å². The summed E-state index contributed by atoms with van der Waals surface area (Å²) >= 11 is 0. The first-order valence-electron chi connectivity index (χ1n) is 10.6. The Morgan fingerprint density at radius 2 is 1.84 bits per heavy atom. The number of hydrogen-bond acceptors (Lipinski definition) is 5. The summed E-state index contributed by atoms with van der Waals surface area (Å²) in [5.74, 6) is 1.93. The molecule has 0 saturated heterocycles. The summed E-state index contributed by atoms with van der Waals surface area (Å²) in [5.41, 5.74) is 2.12. The number of nitrogens with zero attached hydrogens (tertiary/aromatic N) is 2. The average Bonchev–Trinajstić information content (AvgIpc) is 2.78. The monoisotopic (exact) mass is 555 g/mol. The van der Waals surface area contributed by atoms with Crippen LogP contribution in [-0.2, 0) is 16.1 Å². The Labute approximate surface area is 207 Å². The van der Waals surface area contributed by atoms with Crippen LogP contribution in [0.2, 0.25) is 0 Å². The fourth-order valence-electron chi connectivity index (χ4n) is 2.64. The summed E-state index contributed by atoms with van der Waals surface area (Å²) in [6.45, 7) is 7.04. The number of carbonyl (C=O) groups excluding carboxylic acids is 1. The molecule has 176 valence electrons. The van der Waals surface area contributed by atoms with Crippen molar-refractivity contribution in [2.75, 3.05) is 38.7 Å². The van der Waals surface area contributed by atoms with Gasteiger partial charge in [0.2, 0.25) is 5.91 Å². The van der Waals surface area contributed by atoms with Crippen LogP contribution in [0.4, 0.5) is 5.82 Å². The standard InChI is InChI=1S/C23H33N5O3.HI/c1-4-31-15-5-13-24-23(27-17-19-7-9-20(30-3)10-8-19)25-14-12-22(29)28-21-11-6-18(2)16-26-21;/h6-11,16H,4-5,12-15,17H2,1-3H3,(H2,24,25,27)(H,26,28,29);1H. The van der Waals surface area contributed by atoms with Gasteiger partial charge in [-0.25, -0.2) is 9.98 Å². The molecule has 0 fully saturated rings. The third kappa shape index (κ3) is 11.3. The Hall–Kier alpha value is -2.40. The molecule has 32 heavy (non-hydrogen) atoms. The topological polar surface area (TPSA) is 96.9 Å². The summed E-state index contributed by atoms with van der Waals surface area (Å²) in [7, 11) is 1.65. The van der Waals surface area contributed by atoms with Crippen molar-refractivity contribution in [1.29, 1.82) is 0 Å². The van der Waals surface area contributed by atoms with Gasteiger partial charge in [0.1, 0.15) is 11.6 Å². The fourth-order valence-corrected chi connectivity index (χ4v) is 2.64. The van der Waals surface area contributed by atoms with Gasteiger partial charge in [0, 0.05) is 38.9 Å². The van der Waals surface area contributed by atoms with E-state index in [1.54, 1.807) is 19.4 Å². The molecule has 0 aliphatic heterocycles. The normalized spacial score (nSPS) is 10.8. The lowest BCUT2D eigenvalue weighted by Gasteiger charge is -2.13. The number of amides is 1. The number of guanidine groups is 1. The molecule has 0 radical (unpaired) electrons. The smallest absolute Gasteiger partial charge is 0.227 e. The number of anilines is 1. The summed E-state index contributed by atoms with van der Waals surface area (Å²) in [4.78, 5) is 21.0. The van der Waals surface area contributed by atoms with Gasteiger partial charge in [-0.3, -0.25) is 4.79 Å². The van der Waals surface area contributed by atoms with E-state index >= 15 is 0 Å². The van der Waals surface area contributed by atoms with Crippen molar-refractivity contribution >= 4 is 41.7 Å². The zero-order valence-corrected chi connectivity index (χ0v) is 21.3. The predicted octanol–water partition coefficient (Wildman–Crippen LogP) is 3.51. The van der Waals surface area contributed by atoms with E-state index in [0.29, 0.717) is 44.5 Å². The molecule has 8 nitrogen and oxygen atoms in total. The van der Waals surface area contributed by atoms with Gasteiger partial charge in [-0.2, -0.15) is 0 Å². The minimum atomic E-state index is -0.102. The first-order chi connectivity index (χ1) is 15.1. The molecule has 0 atom stereocenters. The largest absolute Gasteiger partial charge is 0.497 e. The Morgan fingerprint density at radius 1 is 1.09 bits per heavy atom. The van der Waals surface area contributed by atoms with E-state index in [0.717, 1.165) is 29.8 Å². The minimum Gasteiger partial charge on any atom is -0.497 e. The van der Waals surface area contributed by atoms with Gasteiger partial charge in [0.25, 0.3) is 0 Å². The van der Waals surface area contributed by atoms with Crippen molar-refractivity contribution in [2.24, 2.45) is 4.99 Å². The van der Waals surface area contributed by atoms with E-state index < -0.39 is 0 Å². The van der Waals surface area contributed by atoms with Crippen LogP contribution >= 0.6 is 24.0 Å². The molecule has 1 heterocycles. The summed E-state index contributed by atoms with van der Waals surface area (Å²) in [6, 6.07) is 11.5. The molecule has 2 aromatic rings. The number of methoxy groups -OCH3 is 1. The molecule has 1 aromatic carbocycles. The number of aliphatic imine (C=N–C) groups is 1. The number of carbonyl (C=O) groups is 1. The molecule has 0 unspecified atom stereocenters. The fraction of sp³-hybridized carbons (Fsp3) is 0.435. The van der Waals surface area contributed by atoms with Gasteiger partial charge in [0.15, 0.2) is 5.96 Å². The van der Waals surface area contributed by atoms with Crippen LogP contribution in [0.15, 0.2) is 47.6 Å². The summed E-state index contributed by atoms with van der Waals surface area (Å²) in [5, 5.41) is 9.31. The third-order valence-corrected chi connectivity index (χ3v) is 4.36. The van der Waals surface area contributed by atoms with Crippen LogP contribution < -0.4 is 20.7 Å². The van der Waals surface area contributed by atoms with Crippen molar-refractivity contribution in [3.05, 3.63) is 53.7 Å². The van der Waals surface area contributed by atoms with Crippen molar-refractivity contribution in [2.45, 2.75) is 33.2 Å². The van der Waals surface area contributed by atoms with Gasteiger partial charge >= 0.3 is 0 Å². The van der Waals surface area contributed by atoms with E-state index in [2.05, 4.69) is 25.9 Å². The molecule has 0 bridgehead atoms. The second-order valence-electron chi connectivity index (χ2n) is 6.94. The highest BCUT2D eigenvalue weighted by Crippen LogP contribution is 2.11. The van der Waals surface area contributed by atoms with Gasteiger partial charge in [-0.15, -0.1) is 24.0 Å². The predicted molar refractivity (Wildman–Crippen MR) is 139 cm³/mol. The third-order valence-electron chi connectivity index (χ3n) is 4.36. The molecule has 9 heteroatoms.